The van der Waals surface area contributed by atoms with Gasteiger partial charge in [-0.3, -0.25) is 0 Å². The van der Waals surface area contributed by atoms with Gasteiger partial charge in [-0.05, 0) is 56.9 Å². The second-order valence-electron chi connectivity index (χ2n) is 5.23. The summed E-state index contributed by atoms with van der Waals surface area (Å²) in [5.74, 6) is 2.17. The van der Waals surface area contributed by atoms with Crippen LogP contribution in [0.5, 0.6) is 5.75 Å². The van der Waals surface area contributed by atoms with Crippen molar-refractivity contribution < 1.29 is 9.26 Å². The van der Waals surface area contributed by atoms with Crippen molar-refractivity contribution in [3.63, 3.8) is 0 Å². The zero-order chi connectivity index (χ0) is 15.1. The van der Waals surface area contributed by atoms with Crippen molar-refractivity contribution in [1.29, 1.82) is 0 Å². The summed E-state index contributed by atoms with van der Waals surface area (Å²) in [6.07, 6.45) is 6.86. The van der Waals surface area contributed by atoms with Crippen LogP contribution in [0.15, 0.2) is 39.8 Å². The van der Waals surface area contributed by atoms with Crippen molar-refractivity contribution in [2.75, 3.05) is 5.73 Å². The molecule has 0 bridgehead atoms. The molecule has 0 saturated heterocycles. The standard InChI is InChI=1S/C12H16OS.C4H6N2O/c14-12-8-6-11(7-9-12)13-10-4-2-1-3-5-10;1-3-2-4(5)6-7-3/h6-10,14H,1-5H2;2H,1H3,(H2,5,6). The highest BCUT2D eigenvalue weighted by molar-refractivity contribution is 7.80. The Bertz CT molecular complexity index is 517. The summed E-state index contributed by atoms with van der Waals surface area (Å²) in [7, 11) is 0. The fraction of sp³-hybridized carbons (Fsp3) is 0.438. The minimum atomic E-state index is 0.439. The zero-order valence-corrected chi connectivity index (χ0v) is 13.2. The van der Waals surface area contributed by atoms with Gasteiger partial charge in [0.15, 0.2) is 5.82 Å². The molecule has 0 radical (unpaired) electrons. The molecule has 1 aliphatic carbocycles. The Labute approximate surface area is 131 Å². The Hall–Kier alpha value is -1.62. The van der Waals surface area contributed by atoms with E-state index in [4.69, 9.17) is 10.5 Å². The second-order valence-corrected chi connectivity index (χ2v) is 5.75. The third-order valence-corrected chi connectivity index (χ3v) is 3.64. The van der Waals surface area contributed by atoms with Crippen molar-refractivity contribution in [1.82, 2.24) is 5.16 Å². The Balaban J connectivity index is 0.000000194. The quantitative estimate of drug-likeness (QED) is 0.814. The zero-order valence-electron chi connectivity index (χ0n) is 12.3. The summed E-state index contributed by atoms with van der Waals surface area (Å²) in [6.45, 7) is 1.80. The molecule has 0 unspecified atom stereocenters. The highest BCUT2D eigenvalue weighted by Gasteiger charge is 2.14. The number of aryl methyl sites for hydroxylation is 1. The highest BCUT2D eigenvalue weighted by Crippen LogP contribution is 2.23. The van der Waals surface area contributed by atoms with Crippen LogP contribution >= 0.6 is 12.6 Å². The highest BCUT2D eigenvalue weighted by atomic mass is 32.1. The average molecular weight is 306 g/mol. The maximum Gasteiger partial charge on any atom is 0.167 e. The summed E-state index contributed by atoms with van der Waals surface area (Å²) in [6, 6.07) is 9.61. The summed E-state index contributed by atoms with van der Waals surface area (Å²) in [5.41, 5.74) is 5.17. The molecule has 2 N–H and O–H groups in total. The van der Waals surface area contributed by atoms with Crippen LogP contribution in [0.4, 0.5) is 5.82 Å². The number of aromatic nitrogens is 1. The topological polar surface area (TPSA) is 61.3 Å². The number of anilines is 1. The van der Waals surface area contributed by atoms with E-state index in [1.807, 2.05) is 24.3 Å². The van der Waals surface area contributed by atoms with Crippen LogP contribution in [0.1, 0.15) is 37.9 Å². The van der Waals surface area contributed by atoms with Crippen molar-refractivity contribution in [2.24, 2.45) is 0 Å². The van der Waals surface area contributed by atoms with E-state index in [0.29, 0.717) is 11.9 Å². The first kappa shape index (κ1) is 15.8. The number of rotatable bonds is 2. The Morgan fingerprint density at radius 2 is 1.86 bits per heavy atom. The molecule has 0 spiro atoms. The van der Waals surface area contributed by atoms with Gasteiger partial charge in [-0.15, -0.1) is 12.6 Å². The first-order chi connectivity index (χ1) is 10.1. The van der Waals surface area contributed by atoms with Crippen LogP contribution in [-0.2, 0) is 0 Å². The van der Waals surface area contributed by atoms with Gasteiger partial charge in [0.05, 0.1) is 6.10 Å². The minimum Gasteiger partial charge on any atom is -0.490 e. The van der Waals surface area contributed by atoms with E-state index in [1.54, 1.807) is 13.0 Å². The number of nitrogen functional groups attached to an aromatic ring is 1. The van der Waals surface area contributed by atoms with Crippen molar-refractivity contribution >= 4 is 18.4 Å². The molecular formula is C16H22N2O2S. The molecule has 5 heteroatoms. The van der Waals surface area contributed by atoms with E-state index in [1.165, 1.54) is 32.1 Å². The monoisotopic (exact) mass is 306 g/mol. The van der Waals surface area contributed by atoms with Crippen LogP contribution in [0.25, 0.3) is 0 Å². The first-order valence-electron chi connectivity index (χ1n) is 7.28. The normalized spacial score (nSPS) is 15.1. The summed E-state index contributed by atoms with van der Waals surface area (Å²) in [5, 5.41) is 3.42. The number of thiol groups is 1. The summed E-state index contributed by atoms with van der Waals surface area (Å²) in [4.78, 5) is 0.987. The van der Waals surface area contributed by atoms with E-state index in [-0.39, 0.29) is 0 Å². The van der Waals surface area contributed by atoms with Gasteiger partial charge < -0.3 is 15.0 Å². The lowest BCUT2D eigenvalue weighted by Crippen LogP contribution is -2.19. The van der Waals surface area contributed by atoms with Gasteiger partial charge in [0.25, 0.3) is 0 Å². The molecule has 4 nitrogen and oxygen atoms in total. The maximum absolute atomic E-state index is 5.88. The molecular weight excluding hydrogens is 284 g/mol. The number of benzene rings is 1. The Morgan fingerprint density at radius 3 is 2.33 bits per heavy atom. The fourth-order valence-corrected chi connectivity index (χ4v) is 2.43. The molecule has 21 heavy (non-hydrogen) atoms. The van der Waals surface area contributed by atoms with Crippen LogP contribution in [-0.4, -0.2) is 11.3 Å². The molecule has 114 valence electrons. The molecule has 1 aromatic heterocycles. The molecule has 1 heterocycles. The molecule has 1 fully saturated rings. The van der Waals surface area contributed by atoms with Gasteiger partial charge >= 0.3 is 0 Å². The van der Waals surface area contributed by atoms with E-state index < -0.39 is 0 Å². The van der Waals surface area contributed by atoms with Gasteiger partial charge in [-0.1, -0.05) is 11.6 Å². The maximum atomic E-state index is 5.88. The first-order valence-corrected chi connectivity index (χ1v) is 7.72. The SMILES string of the molecule is Cc1cc(N)no1.Sc1ccc(OC2CCCCC2)cc1. The van der Waals surface area contributed by atoms with Crippen LogP contribution in [0.2, 0.25) is 0 Å². The second kappa shape index (κ2) is 7.98. The lowest BCUT2D eigenvalue weighted by molar-refractivity contribution is 0.155. The van der Waals surface area contributed by atoms with E-state index in [2.05, 4.69) is 22.3 Å². The van der Waals surface area contributed by atoms with Gasteiger partial charge in [0.1, 0.15) is 11.5 Å². The lowest BCUT2D eigenvalue weighted by Gasteiger charge is -2.22. The molecule has 1 aromatic carbocycles. The predicted molar refractivity (Wildman–Crippen MR) is 86.8 cm³/mol. The average Bonchev–Trinajstić information content (AvgIpc) is 2.87. The fourth-order valence-electron chi connectivity index (χ4n) is 2.29. The third kappa shape index (κ3) is 5.71. The lowest BCUT2D eigenvalue weighted by atomic mass is 9.98. The van der Waals surface area contributed by atoms with Gasteiger partial charge in [0, 0.05) is 11.0 Å². The van der Waals surface area contributed by atoms with Crippen molar-refractivity contribution in [2.45, 2.75) is 50.0 Å². The molecule has 1 aliphatic rings. The Morgan fingerprint density at radius 1 is 1.19 bits per heavy atom. The number of nitrogens with two attached hydrogens (primary N) is 1. The molecule has 2 aromatic rings. The van der Waals surface area contributed by atoms with E-state index in [9.17, 15) is 0 Å². The summed E-state index contributed by atoms with van der Waals surface area (Å²) < 4.78 is 10.5. The van der Waals surface area contributed by atoms with Gasteiger partial charge in [-0.2, -0.15) is 0 Å². The molecule has 3 rings (SSSR count). The predicted octanol–water partition coefficient (Wildman–Crippen LogP) is 4.25. The van der Waals surface area contributed by atoms with Crippen molar-refractivity contribution in [3.05, 3.63) is 36.1 Å². The molecule has 1 saturated carbocycles. The van der Waals surface area contributed by atoms with Crippen molar-refractivity contribution in [3.8, 4) is 5.75 Å². The smallest absolute Gasteiger partial charge is 0.167 e. The largest absolute Gasteiger partial charge is 0.490 e. The van der Waals surface area contributed by atoms with Gasteiger partial charge in [-0.25, -0.2) is 0 Å². The van der Waals surface area contributed by atoms with Crippen LogP contribution in [0, 0.1) is 6.92 Å². The van der Waals surface area contributed by atoms with E-state index in [0.717, 1.165) is 16.4 Å². The minimum absolute atomic E-state index is 0.439. The summed E-state index contributed by atoms with van der Waals surface area (Å²) >= 11 is 4.24. The van der Waals surface area contributed by atoms with Gasteiger partial charge in [0.2, 0.25) is 0 Å². The number of hydrogen-bond acceptors (Lipinski definition) is 5. The number of nitrogens with zero attached hydrogens (tertiary/aromatic N) is 1. The van der Waals surface area contributed by atoms with Crippen LogP contribution < -0.4 is 10.5 Å². The molecule has 0 atom stereocenters. The van der Waals surface area contributed by atoms with E-state index >= 15 is 0 Å². The third-order valence-electron chi connectivity index (χ3n) is 3.34. The number of hydrogen-bond donors (Lipinski definition) is 2. The Kier molecular flexibility index (Phi) is 5.99. The van der Waals surface area contributed by atoms with Crippen LogP contribution in [0.3, 0.4) is 0 Å². The molecule has 0 aliphatic heterocycles. The number of ether oxygens (including phenoxy) is 1. The molecule has 0 amide bonds.